The summed E-state index contributed by atoms with van der Waals surface area (Å²) in [5, 5.41) is 19.8. The maximum atomic E-state index is 11.6. The lowest BCUT2D eigenvalue weighted by Crippen LogP contribution is -2.10. The van der Waals surface area contributed by atoms with Crippen LogP contribution in [-0.4, -0.2) is 32.9 Å². The Morgan fingerprint density at radius 1 is 0.867 bits per heavy atom. The van der Waals surface area contributed by atoms with Gasteiger partial charge in [0.1, 0.15) is 6.54 Å². The second kappa shape index (κ2) is 8.05. The molecule has 0 aliphatic rings. The SMILES string of the molecule is O=C(O)Cn1c(-c2ccccc2)c(C=Nc2ccccc2C(=O)O)c2ccccc21. The van der Waals surface area contributed by atoms with Crippen LogP contribution in [0.1, 0.15) is 15.9 Å². The lowest BCUT2D eigenvalue weighted by Gasteiger charge is -2.09. The van der Waals surface area contributed by atoms with Gasteiger partial charge in [-0.1, -0.05) is 60.7 Å². The van der Waals surface area contributed by atoms with Crippen LogP contribution >= 0.6 is 0 Å². The maximum absolute atomic E-state index is 11.6. The zero-order chi connectivity index (χ0) is 21.1. The highest BCUT2D eigenvalue weighted by Crippen LogP contribution is 2.33. The number of aliphatic imine (C=N–C) groups is 1. The van der Waals surface area contributed by atoms with E-state index in [-0.39, 0.29) is 12.1 Å². The summed E-state index contributed by atoms with van der Waals surface area (Å²) in [6, 6.07) is 23.5. The summed E-state index contributed by atoms with van der Waals surface area (Å²) in [5.74, 6) is -2.01. The molecule has 4 aromatic rings. The van der Waals surface area contributed by atoms with Gasteiger partial charge in [-0.2, -0.15) is 0 Å². The van der Waals surface area contributed by atoms with Crippen LogP contribution in [0.3, 0.4) is 0 Å². The number of carboxylic acid groups (broad SMARTS) is 2. The molecule has 0 spiro atoms. The third kappa shape index (κ3) is 3.58. The van der Waals surface area contributed by atoms with Gasteiger partial charge in [0.15, 0.2) is 0 Å². The van der Waals surface area contributed by atoms with Crippen LogP contribution in [0.5, 0.6) is 0 Å². The van der Waals surface area contributed by atoms with Gasteiger partial charge in [0.2, 0.25) is 0 Å². The quantitative estimate of drug-likeness (QED) is 0.455. The predicted molar refractivity (Wildman–Crippen MR) is 116 cm³/mol. The summed E-state index contributed by atoms with van der Waals surface area (Å²) in [4.78, 5) is 27.6. The number of hydrogen-bond donors (Lipinski definition) is 2. The number of aromatic carboxylic acids is 1. The number of aromatic nitrogens is 1. The first kappa shape index (κ1) is 19.1. The Bertz CT molecular complexity index is 1270. The molecule has 0 aliphatic carbocycles. The summed E-state index contributed by atoms with van der Waals surface area (Å²) in [6.45, 7) is -0.204. The normalized spacial score (nSPS) is 11.2. The molecule has 3 aromatic carbocycles. The van der Waals surface area contributed by atoms with Gasteiger partial charge in [-0.05, 0) is 23.8 Å². The van der Waals surface area contributed by atoms with E-state index in [0.29, 0.717) is 5.69 Å². The molecule has 4 rings (SSSR count). The monoisotopic (exact) mass is 398 g/mol. The van der Waals surface area contributed by atoms with Gasteiger partial charge in [0.05, 0.1) is 16.9 Å². The first-order valence-electron chi connectivity index (χ1n) is 9.31. The molecule has 1 heterocycles. The Kier molecular flexibility index (Phi) is 5.13. The highest BCUT2D eigenvalue weighted by Gasteiger charge is 2.19. The zero-order valence-corrected chi connectivity index (χ0v) is 15.9. The molecular weight excluding hydrogens is 380 g/mol. The summed E-state index contributed by atoms with van der Waals surface area (Å²) in [6.07, 6.45) is 1.62. The van der Waals surface area contributed by atoms with Gasteiger partial charge in [0, 0.05) is 22.7 Å². The smallest absolute Gasteiger partial charge is 0.337 e. The van der Waals surface area contributed by atoms with E-state index >= 15 is 0 Å². The number of para-hydroxylation sites is 2. The number of benzene rings is 3. The van der Waals surface area contributed by atoms with E-state index < -0.39 is 11.9 Å². The van der Waals surface area contributed by atoms with Crippen molar-refractivity contribution >= 4 is 34.7 Å². The van der Waals surface area contributed by atoms with Gasteiger partial charge in [-0.25, -0.2) is 4.79 Å². The largest absolute Gasteiger partial charge is 0.480 e. The molecule has 0 atom stereocenters. The van der Waals surface area contributed by atoms with Crippen LogP contribution in [0.25, 0.3) is 22.2 Å². The summed E-state index contributed by atoms with van der Waals surface area (Å²) in [5.41, 5.74) is 3.51. The van der Waals surface area contributed by atoms with Crippen LogP contribution in [0.4, 0.5) is 5.69 Å². The van der Waals surface area contributed by atoms with E-state index in [0.717, 1.165) is 27.7 Å². The van der Waals surface area contributed by atoms with E-state index in [1.165, 1.54) is 6.07 Å². The number of carboxylic acids is 2. The second-order valence-corrected chi connectivity index (χ2v) is 6.71. The standard InChI is InChI=1S/C24H18N2O4/c27-22(28)15-26-21-13-7-5-10-17(21)19(23(26)16-8-2-1-3-9-16)14-25-20-12-6-4-11-18(20)24(29)30/h1-14H,15H2,(H,27,28)(H,29,30). The molecule has 0 amide bonds. The number of carbonyl (C=O) groups is 2. The third-order valence-electron chi connectivity index (χ3n) is 4.82. The summed E-state index contributed by atoms with van der Waals surface area (Å²) >= 11 is 0. The van der Waals surface area contributed by atoms with Gasteiger partial charge in [-0.15, -0.1) is 0 Å². The molecule has 0 unspecified atom stereocenters. The Hall–Kier alpha value is -4.19. The molecule has 30 heavy (non-hydrogen) atoms. The van der Waals surface area contributed by atoms with Crippen LogP contribution in [-0.2, 0) is 11.3 Å². The first-order valence-corrected chi connectivity index (χ1v) is 9.31. The molecule has 0 saturated carbocycles. The summed E-state index contributed by atoms with van der Waals surface area (Å²) < 4.78 is 1.75. The van der Waals surface area contributed by atoms with Crippen molar-refractivity contribution in [2.45, 2.75) is 6.54 Å². The van der Waals surface area contributed by atoms with Crippen LogP contribution in [0, 0.1) is 0 Å². The van der Waals surface area contributed by atoms with Gasteiger partial charge >= 0.3 is 11.9 Å². The minimum Gasteiger partial charge on any atom is -0.480 e. The number of fused-ring (bicyclic) bond motifs is 1. The van der Waals surface area contributed by atoms with Crippen LogP contribution < -0.4 is 0 Å². The van der Waals surface area contributed by atoms with Gasteiger partial charge < -0.3 is 14.8 Å². The number of aliphatic carboxylic acids is 1. The molecule has 148 valence electrons. The minimum absolute atomic E-state index is 0.101. The average Bonchev–Trinajstić information content (AvgIpc) is 3.06. The minimum atomic E-state index is -1.06. The van der Waals surface area contributed by atoms with Crippen molar-refractivity contribution in [2.24, 2.45) is 4.99 Å². The fourth-order valence-electron chi connectivity index (χ4n) is 3.57. The molecule has 0 saturated heterocycles. The van der Waals surface area contributed by atoms with Gasteiger partial charge in [-0.3, -0.25) is 9.79 Å². The third-order valence-corrected chi connectivity index (χ3v) is 4.82. The Morgan fingerprint density at radius 3 is 2.27 bits per heavy atom. The molecule has 6 nitrogen and oxygen atoms in total. The van der Waals surface area contributed by atoms with Crippen molar-refractivity contribution in [2.75, 3.05) is 0 Å². The maximum Gasteiger partial charge on any atom is 0.337 e. The lowest BCUT2D eigenvalue weighted by molar-refractivity contribution is -0.137. The lowest BCUT2D eigenvalue weighted by atomic mass is 10.1. The Morgan fingerprint density at radius 2 is 1.53 bits per heavy atom. The highest BCUT2D eigenvalue weighted by atomic mass is 16.4. The van der Waals surface area contributed by atoms with Crippen molar-refractivity contribution in [3.63, 3.8) is 0 Å². The molecular formula is C24H18N2O4. The van der Waals surface area contributed by atoms with Crippen LogP contribution in [0.2, 0.25) is 0 Å². The molecule has 0 radical (unpaired) electrons. The number of rotatable bonds is 6. The Balaban J connectivity index is 1.98. The van der Waals surface area contributed by atoms with Crippen molar-refractivity contribution in [1.29, 1.82) is 0 Å². The fourth-order valence-corrected chi connectivity index (χ4v) is 3.57. The van der Waals surface area contributed by atoms with Crippen molar-refractivity contribution in [3.8, 4) is 11.3 Å². The van der Waals surface area contributed by atoms with Crippen LogP contribution in [0.15, 0.2) is 83.9 Å². The van der Waals surface area contributed by atoms with E-state index in [4.69, 9.17) is 0 Å². The van der Waals surface area contributed by atoms with E-state index in [9.17, 15) is 19.8 Å². The molecule has 0 fully saturated rings. The van der Waals surface area contributed by atoms with E-state index in [1.807, 2.05) is 54.6 Å². The van der Waals surface area contributed by atoms with Crippen molar-refractivity contribution in [3.05, 3.63) is 90.0 Å². The van der Waals surface area contributed by atoms with Crippen molar-refractivity contribution in [1.82, 2.24) is 4.57 Å². The Labute approximate surface area is 172 Å². The van der Waals surface area contributed by atoms with E-state index in [1.54, 1.807) is 29.0 Å². The van der Waals surface area contributed by atoms with Gasteiger partial charge in [0.25, 0.3) is 0 Å². The summed E-state index contributed by atoms with van der Waals surface area (Å²) in [7, 11) is 0. The molecule has 6 heteroatoms. The zero-order valence-electron chi connectivity index (χ0n) is 15.9. The highest BCUT2D eigenvalue weighted by molar-refractivity contribution is 6.08. The fraction of sp³-hybridized carbons (Fsp3) is 0.0417. The predicted octanol–water partition coefficient (Wildman–Crippen LogP) is 4.84. The molecule has 0 aliphatic heterocycles. The average molecular weight is 398 g/mol. The molecule has 0 bridgehead atoms. The van der Waals surface area contributed by atoms with Crippen molar-refractivity contribution < 1.29 is 19.8 Å². The topological polar surface area (TPSA) is 91.9 Å². The molecule has 1 aromatic heterocycles. The molecule has 2 N–H and O–H groups in total. The second-order valence-electron chi connectivity index (χ2n) is 6.71. The first-order chi connectivity index (χ1) is 14.6. The number of nitrogens with zero attached hydrogens (tertiary/aromatic N) is 2. The van der Waals surface area contributed by atoms with E-state index in [2.05, 4.69) is 4.99 Å². The number of hydrogen-bond acceptors (Lipinski definition) is 3.